The first-order valence-corrected chi connectivity index (χ1v) is 4.48. The van der Waals surface area contributed by atoms with Crippen molar-refractivity contribution < 1.29 is 14.7 Å². The average molecular weight is 187 g/mol. The van der Waals surface area contributed by atoms with Crippen LogP contribution in [0, 0.1) is 5.92 Å². The second-order valence-corrected chi connectivity index (χ2v) is 3.40. The molecule has 0 aromatic carbocycles. The maximum absolute atomic E-state index is 11.0. The van der Waals surface area contributed by atoms with Crippen molar-refractivity contribution in [2.24, 2.45) is 5.92 Å². The molecule has 0 aliphatic heterocycles. The van der Waals surface area contributed by atoms with Crippen LogP contribution in [0.5, 0.6) is 0 Å². The van der Waals surface area contributed by atoms with E-state index in [2.05, 4.69) is 5.32 Å². The van der Waals surface area contributed by atoms with Crippen molar-refractivity contribution in [1.82, 2.24) is 5.32 Å². The first-order valence-electron chi connectivity index (χ1n) is 4.48. The van der Waals surface area contributed by atoms with E-state index in [0.29, 0.717) is 5.92 Å². The van der Waals surface area contributed by atoms with Crippen molar-refractivity contribution in [2.75, 3.05) is 0 Å². The average Bonchev–Trinajstić information content (AvgIpc) is 1.98. The molecule has 0 radical (unpaired) electrons. The minimum Gasteiger partial charge on any atom is -0.481 e. The summed E-state index contributed by atoms with van der Waals surface area (Å²) in [5.74, 6) is -1.16. The molecule has 0 bridgehead atoms. The van der Waals surface area contributed by atoms with E-state index in [1.165, 1.54) is 0 Å². The number of carbonyl (C=O) groups excluding carboxylic acids is 1. The van der Waals surface area contributed by atoms with E-state index in [-0.39, 0.29) is 6.04 Å². The monoisotopic (exact) mass is 187 g/mol. The van der Waals surface area contributed by atoms with Crippen LogP contribution in [0.1, 0.15) is 33.6 Å². The summed E-state index contributed by atoms with van der Waals surface area (Å²) >= 11 is 0. The van der Waals surface area contributed by atoms with Gasteiger partial charge < -0.3 is 10.4 Å². The zero-order valence-electron chi connectivity index (χ0n) is 8.33. The van der Waals surface area contributed by atoms with Gasteiger partial charge in [-0.25, -0.2) is 0 Å². The van der Waals surface area contributed by atoms with E-state index >= 15 is 0 Å². The Labute approximate surface area is 78.3 Å². The Morgan fingerprint density at radius 2 is 1.92 bits per heavy atom. The molecule has 0 spiro atoms. The SMILES string of the molecule is CCC(NC(=O)CC(=O)O)C(C)C. The van der Waals surface area contributed by atoms with Crippen LogP contribution in [-0.4, -0.2) is 23.0 Å². The lowest BCUT2D eigenvalue weighted by molar-refractivity contribution is -0.140. The maximum atomic E-state index is 11.0. The Hall–Kier alpha value is -1.06. The van der Waals surface area contributed by atoms with Crippen LogP contribution in [0.3, 0.4) is 0 Å². The van der Waals surface area contributed by atoms with Gasteiger partial charge in [0.05, 0.1) is 0 Å². The highest BCUT2D eigenvalue weighted by atomic mass is 16.4. The Morgan fingerprint density at radius 1 is 1.38 bits per heavy atom. The van der Waals surface area contributed by atoms with E-state index in [1.54, 1.807) is 0 Å². The molecule has 1 atom stereocenters. The van der Waals surface area contributed by atoms with E-state index in [4.69, 9.17) is 5.11 Å². The Kier molecular flexibility index (Phi) is 5.11. The van der Waals surface area contributed by atoms with Crippen molar-refractivity contribution in [3.63, 3.8) is 0 Å². The number of hydrogen-bond acceptors (Lipinski definition) is 2. The van der Waals surface area contributed by atoms with Gasteiger partial charge in [0.25, 0.3) is 0 Å². The lowest BCUT2D eigenvalue weighted by Gasteiger charge is -2.19. The van der Waals surface area contributed by atoms with E-state index in [0.717, 1.165) is 6.42 Å². The lowest BCUT2D eigenvalue weighted by atomic mass is 10.0. The zero-order chi connectivity index (χ0) is 10.4. The minimum absolute atomic E-state index is 0.0758. The molecule has 0 saturated carbocycles. The number of carboxylic acids is 1. The highest BCUT2D eigenvalue weighted by Crippen LogP contribution is 2.05. The molecule has 1 unspecified atom stereocenters. The molecule has 0 aromatic heterocycles. The normalized spacial score (nSPS) is 12.6. The molecule has 0 aromatic rings. The molecule has 76 valence electrons. The summed E-state index contributed by atoms with van der Waals surface area (Å²) in [7, 11) is 0. The van der Waals surface area contributed by atoms with Crippen molar-refractivity contribution in [3.8, 4) is 0 Å². The number of carbonyl (C=O) groups is 2. The molecule has 0 saturated heterocycles. The van der Waals surface area contributed by atoms with Gasteiger partial charge in [-0.05, 0) is 12.3 Å². The fourth-order valence-electron chi connectivity index (χ4n) is 1.14. The molecular weight excluding hydrogens is 170 g/mol. The van der Waals surface area contributed by atoms with E-state index in [1.807, 2.05) is 20.8 Å². The van der Waals surface area contributed by atoms with Gasteiger partial charge in [-0.2, -0.15) is 0 Å². The van der Waals surface area contributed by atoms with Crippen molar-refractivity contribution in [2.45, 2.75) is 39.7 Å². The van der Waals surface area contributed by atoms with E-state index in [9.17, 15) is 9.59 Å². The third-order valence-corrected chi connectivity index (χ3v) is 1.90. The molecular formula is C9H17NO3. The Morgan fingerprint density at radius 3 is 2.23 bits per heavy atom. The molecule has 4 nitrogen and oxygen atoms in total. The second-order valence-electron chi connectivity index (χ2n) is 3.40. The minimum atomic E-state index is -1.09. The number of rotatable bonds is 5. The van der Waals surface area contributed by atoms with Gasteiger partial charge in [0.1, 0.15) is 6.42 Å². The molecule has 1 amide bonds. The van der Waals surface area contributed by atoms with Crippen LogP contribution in [0.25, 0.3) is 0 Å². The Balaban J connectivity index is 3.94. The van der Waals surface area contributed by atoms with Crippen molar-refractivity contribution in [1.29, 1.82) is 0 Å². The molecule has 0 aliphatic carbocycles. The second kappa shape index (κ2) is 5.56. The summed E-state index contributed by atoms with van der Waals surface area (Å²) in [5, 5.41) is 11.0. The fraction of sp³-hybridized carbons (Fsp3) is 0.778. The molecule has 0 aliphatic rings. The zero-order valence-corrected chi connectivity index (χ0v) is 8.33. The third kappa shape index (κ3) is 5.22. The maximum Gasteiger partial charge on any atom is 0.312 e. The number of carboxylic acid groups (broad SMARTS) is 1. The molecule has 0 rings (SSSR count). The largest absolute Gasteiger partial charge is 0.481 e. The summed E-state index contributed by atoms with van der Waals surface area (Å²) < 4.78 is 0. The van der Waals surface area contributed by atoms with Crippen LogP contribution in [-0.2, 0) is 9.59 Å². The summed E-state index contributed by atoms with van der Waals surface area (Å²) in [5.41, 5.74) is 0. The van der Waals surface area contributed by atoms with Gasteiger partial charge in [0.2, 0.25) is 5.91 Å². The number of amides is 1. The van der Waals surface area contributed by atoms with Gasteiger partial charge in [0, 0.05) is 6.04 Å². The quantitative estimate of drug-likeness (QED) is 0.631. The molecule has 13 heavy (non-hydrogen) atoms. The third-order valence-electron chi connectivity index (χ3n) is 1.90. The van der Waals surface area contributed by atoms with Crippen LogP contribution in [0.15, 0.2) is 0 Å². The topological polar surface area (TPSA) is 66.4 Å². The number of aliphatic carboxylic acids is 1. The fourth-order valence-corrected chi connectivity index (χ4v) is 1.14. The molecule has 2 N–H and O–H groups in total. The van der Waals surface area contributed by atoms with Crippen LogP contribution >= 0.6 is 0 Å². The van der Waals surface area contributed by atoms with Crippen LogP contribution in [0.2, 0.25) is 0 Å². The van der Waals surface area contributed by atoms with Gasteiger partial charge in [-0.3, -0.25) is 9.59 Å². The number of hydrogen-bond donors (Lipinski definition) is 2. The first-order chi connectivity index (χ1) is 5.97. The molecule has 0 fully saturated rings. The van der Waals surface area contributed by atoms with E-state index < -0.39 is 18.3 Å². The van der Waals surface area contributed by atoms with Gasteiger partial charge in [-0.1, -0.05) is 20.8 Å². The molecule has 4 heteroatoms. The highest BCUT2D eigenvalue weighted by molar-refractivity contribution is 5.93. The Bertz CT molecular complexity index is 189. The predicted molar refractivity (Wildman–Crippen MR) is 49.3 cm³/mol. The van der Waals surface area contributed by atoms with Crippen molar-refractivity contribution >= 4 is 11.9 Å². The smallest absolute Gasteiger partial charge is 0.312 e. The summed E-state index contributed by atoms with van der Waals surface area (Å²) in [6.07, 6.45) is 0.381. The van der Waals surface area contributed by atoms with Gasteiger partial charge >= 0.3 is 5.97 Å². The predicted octanol–water partition coefficient (Wildman–Crippen LogP) is 1.01. The van der Waals surface area contributed by atoms with Crippen molar-refractivity contribution in [3.05, 3.63) is 0 Å². The standard InChI is InChI=1S/C9H17NO3/c1-4-7(6(2)3)10-8(11)5-9(12)13/h6-7H,4-5H2,1-3H3,(H,10,11)(H,12,13). The highest BCUT2D eigenvalue weighted by Gasteiger charge is 2.15. The van der Waals surface area contributed by atoms with Gasteiger partial charge in [0.15, 0.2) is 0 Å². The van der Waals surface area contributed by atoms with Crippen LogP contribution < -0.4 is 5.32 Å². The summed E-state index contributed by atoms with van der Waals surface area (Å²) in [6, 6.07) is 0.0758. The summed E-state index contributed by atoms with van der Waals surface area (Å²) in [4.78, 5) is 21.2. The van der Waals surface area contributed by atoms with Gasteiger partial charge in [-0.15, -0.1) is 0 Å². The summed E-state index contributed by atoms with van der Waals surface area (Å²) in [6.45, 7) is 5.95. The first kappa shape index (κ1) is 11.9. The number of nitrogens with one attached hydrogen (secondary N) is 1. The molecule has 0 heterocycles. The lowest BCUT2D eigenvalue weighted by Crippen LogP contribution is -2.38. The van der Waals surface area contributed by atoms with Crippen LogP contribution in [0.4, 0.5) is 0 Å².